The lowest BCUT2D eigenvalue weighted by Gasteiger charge is -2.34. The summed E-state index contributed by atoms with van der Waals surface area (Å²) in [6.07, 6.45) is 3.30. The number of hydrogen-bond acceptors (Lipinski definition) is 7. The van der Waals surface area contributed by atoms with Gasteiger partial charge in [0.1, 0.15) is 12.3 Å². The Morgan fingerprint density at radius 1 is 1.08 bits per heavy atom. The molecule has 2 aromatic heterocycles. The van der Waals surface area contributed by atoms with Gasteiger partial charge in [0.15, 0.2) is 17.4 Å². The van der Waals surface area contributed by atoms with E-state index in [1.807, 2.05) is 24.8 Å². The van der Waals surface area contributed by atoms with Gasteiger partial charge in [0.25, 0.3) is 0 Å². The second-order valence-corrected chi connectivity index (χ2v) is 9.84. The van der Waals surface area contributed by atoms with Crippen molar-refractivity contribution in [2.45, 2.75) is 38.6 Å². The number of rotatable bonds is 5. The molecule has 0 saturated carbocycles. The number of hydrogen-bond donors (Lipinski definition) is 3. The zero-order valence-electron chi connectivity index (χ0n) is 20.8. The molecule has 1 saturated heterocycles. The number of halogens is 2. The van der Waals surface area contributed by atoms with Gasteiger partial charge in [-0.05, 0) is 75.5 Å². The van der Waals surface area contributed by atoms with Crippen molar-refractivity contribution in [3.8, 4) is 17.0 Å². The first kappa shape index (κ1) is 23.6. The van der Waals surface area contributed by atoms with Gasteiger partial charge < -0.3 is 19.9 Å². The molecular formula is C27H29F2N7O. The molecule has 0 radical (unpaired) electrons. The van der Waals surface area contributed by atoms with Gasteiger partial charge in [-0.2, -0.15) is 0 Å². The summed E-state index contributed by atoms with van der Waals surface area (Å²) in [6, 6.07) is 9.37. The zero-order valence-corrected chi connectivity index (χ0v) is 20.8. The number of ether oxygens (including phenoxy) is 1. The number of imidazole rings is 1. The normalized spacial score (nSPS) is 16.2. The van der Waals surface area contributed by atoms with Crippen molar-refractivity contribution in [2.75, 3.05) is 36.5 Å². The quantitative estimate of drug-likeness (QED) is 0.347. The average Bonchev–Trinajstić information content (AvgIpc) is 3.31. The number of aromatic amines is 1. The number of fused-ring (bicyclic) bond motifs is 2. The smallest absolute Gasteiger partial charge is 0.230 e. The molecule has 0 unspecified atom stereocenters. The molecule has 10 heteroatoms. The summed E-state index contributed by atoms with van der Waals surface area (Å²) in [5.74, 6) is 0.126. The van der Waals surface area contributed by atoms with Crippen LogP contribution in [0.2, 0.25) is 0 Å². The fourth-order valence-corrected chi connectivity index (χ4v) is 5.21. The van der Waals surface area contributed by atoms with Crippen LogP contribution in [0.5, 0.6) is 5.75 Å². The number of anilines is 3. The van der Waals surface area contributed by atoms with Crippen molar-refractivity contribution < 1.29 is 13.5 Å². The topological polar surface area (TPSA) is 91.0 Å². The van der Waals surface area contributed by atoms with E-state index in [2.05, 4.69) is 42.7 Å². The summed E-state index contributed by atoms with van der Waals surface area (Å²) in [4.78, 5) is 18.3. The van der Waals surface area contributed by atoms with Gasteiger partial charge in [0, 0.05) is 11.6 Å². The van der Waals surface area contributed by atoms with Crippen molar-refractivity contribution >= 4 is 28.6 Å². The number of benzene rings is 2. The Labute approximate surface area is 213 Å². The minimum absolute atomic E-state index is 0.00205. The molecule has 0 aliphatic carbocycles. The van der Waals surface area contributed by atoms with E-state index in [9.17, 15) is 8.78 Å². The van der Waals surface area contributed by atoms with Gasteiger partial charge in [-0.3, -0.25) is 5.32 Å². The molecular weight excluding hydrogens is 476 g/mol. The maximum Gasteiger partial charge on any atom is 0.230 e. The van der Waals surface area contributed by atoms with Gasteiger partial charge in [-0.1, -0.05) is 6.07 Å². The van der Waals surface area contributed by atoms with E-state index in [0.29, 0.717) is 36.3 Å². The van der Waals surface area contributed by atoms with Gasteiger partial charge >= 0.3 is 0 Å². The van der Waals surface area contributed by atoms with Crippen LogP contribution in [-0.2, 0) is 0 Å². The molecule has 0 spiro atoms. The molecule has 0 bridgehead atoms. The molecule has 4 aromatic rings. The predicted octanol–water partition coefficient (Wildman–Crippen LogP) is 5.12. The Kier molecular flexibility index (Phi) is 6.11. The van der Waals surface area contributed by atoms with Crippen LogP contribution in [0.3, 0.4) is 0 Å². The van der Waals surface area contributed by atoms with Gasteiger partial charge in [0.05, 0.1) is 29.5 Å². The second-order valence-electron chi connectivity index (χ2n) is 9.84. The van der Waals surface area contributed by atoms with Crippen molar-refractivity contribution in [3.63, 3.8) is 0 Å². The van der Waals surface area contributed by atoms with Crippen LogP contribution >= 0.6 is 0 Å². The molecule has 1 fully saturated rings. The van der Waals surface area contributed by atoms with E-state index < -0.39 is 11.6 Å². The minimum atomic E-state index is -0.644. The Morgan fingerprint density at radius 3 is 2.73 bits per heavy atom. The van der Waals surface area contributed by atoms with E-state index in [1.165, 1.54) is 11.6 Å². The highest BCUT2D eigenvalue weighted by molar-refractivity contribution is 5.79. The first-order chi connectivity index (χ1) is 18.0. The van der Waals surface area contributed by atoms with Crippen LogP contribution in [0.25, 0.3) is 22.3 Å². The van der Waals surface area contributed by atoms with E-state index in [0.717, 1.165) is 43.2 Å². The third-order valence-corrected chi connectivity index (χ3v) is 7.10. The largest absolute Gasteiger partial charge is 0.486 e. The summed E-state index contributed by atoms with van der Waals surface area (Å²) in [5, 5.41) is 6.44. The summed E-state index contributed by atoms with van der Waals surface area (Å²) in [6.45, 7) is 7.12. The average molecular weight is 506 g/mol. The van der Waals surface area contributed by atoms with Crippen LogP contribution in [0.4, 0.5) is 26.4 Å². The van der Waals surface area contributed by atoms with Crippen molar-refractivity contribution in [1.82, 2.24) is 25.3 Å². The molecule has 4 heterocycles. The summed E-state index contributed by atoms with van der Waals surface area (Å²) >= 11 is 0. The molecule has 37 heavy (non-hydrogen) atoms. The van der Waals surface area contributed by atoms with Crippen LogP contribution in [0, 0.1) is 11.6 Å². The molecule has 8 nitrogen and oxygen atoms in total. The van der Waals surface area contributed by atoms with Gasteiger partial charge in [-0.25, -0.2) is 23.7 Å². The fourth-order valence-electron chi connectivity index (χ4n) is 5.21. The lowest BCUT2D eigenvalue weighted by Crippen LogP contribution is -2.38. The first-order valence-corrected chi connectivity index (χ1v) is 12.7. The van der Waals surface area contributed by atoms with Crippen molar-refractivity contribution in [2.24, 2.45) is 0 Å². The summed E-state index contributed by atoms with van der Waals surface area (Å²) in [7, 11) is 0. The molecule has 192 valence electrons. The predicted molar refractivity (Wildman–Crippen MR) is 140 cm³/mol. The number of nitrogens with one attached hydrogen (secondary N) is 3. The molecule has 6 rings (SSSR count). The van der Waals surface area contributed by atoms with E-state index >= 15 is 0 Å². The third-order valence-electron chi connectivity index (χ3n) is 7.10. The monoisotopic (exact) mass is 505 g/mol. The van der Waals surface area contributed by atoms with Crippen molar-refractivity contribution in [3.05, 3.63) is 53.7 Å². The Morgan fingerprint density at radius 2 is 1.92 bits per heavy atom. The summed E-state index contributed by atoms with van der Waals surface area (Å²) in [5.41, 5.74) is 3.91. The lowest BCUT2D eigenvalue weighted by atomic mass is 9.90. The van der Waals surface area contributed by atoms with E-state index in [4.69, 9.17) is 4.74 Å². The maximum absolute atomic E-state index is 15.0. The highest BCUT2D eigenvalue weighted by Gasteiger charge is 2.26. The Hall–Kier alpha value is -3.79. The maximum atomic E-state index is 15.0. The summed E-state index contributed by atoms with van der Waals surface area (Å²) < 4.78 is 35.4. The van der Waals surface area contributed by atoms with Crippen molar-refractivity contribution in [1.29, 1.82) is 0 Å². The van der Waals surface area contributed by atoms with Crippen LogP contribution in [0.1, 0.15) is 38.2 Å². The number of H-pyrrole nitrogens is 1. The van der Waals surface area contributed by atoms with Crippen LogP contribution in [-0.4, -0.2) is 52.2 Å². The molecule has 3 N–H and O–H groups in total. The number of aromatic nitrogens is 4. The number of piperidine rings is 1. The molecule has 0 amide bonds. The van der Waals surface area contributed by atoms with Gasteiger partial charge in [0.2, 0.25) is 11.9 Å². The molecule has 2 aliphatic heterocycles. The first-order valence-electron chi connectivity index (χ1n) is 12.7. The lowest BCUT2D eigenvalue weighted by molar-refractivity contribution is 0.287. The molecule has 2 aliphatic rings. The van der Waals surface area contributed by atoms with Crippen LogP contribution in [0.15, 0.2) is 36.5 Å². The molecule has 2 aromatic carbocycles. The highest BCUT2D eigenvalue weighted by Crippen LogP contribution is 2.39. The SMILES string of the molecule is CC(C)N1CCOc2c(F)cc(-c3nc(Nc4nc5ccc(C6CCNCC6)cc5[nH]4)ncc3F)cc21. The van der Waals surface area contributed by atoms with Gasteiger partial charge in [-0.15, -0.1) is 0 Å². The zero-order chi connectivity index (χ0) is 25.5. The minimum Gasteiger partial charge on any atom is -0.486 e. The standard InChI is InChI=1S/C27H29F2N7O/c1-15(2)36-9-10-37-25-19(28)11-18(13-23(25)36)24-20(29)14-31-26(34-24)35-27-32-21-4-3-17(12-22(21)33-27)16-5-7-30-8-6-16/h3-4,11-16,30H,5-10H2,1-2H3,(H2,31,32,33,34,35). The fraction of sp³-hybridized carbons (Fsp3) is 0.370. The Bertz CT molecular complexity index is 1450. The van der Waals surface area contributed by atoms with E-state index in [1.54, 1.807) is 6.07 Å². The van der Waals surface area contributed by atoms with Crippen LogP contribution < -0.4 is 20.3 Å². The number of nitrogens with zero attached hydrogens (tertiary/aromatic N) is 4. The molecule has 0 atom stereocenters. The second kappa shape index (κ2) is 9.59. The highest BCUT2D eigenvalue weighted by atomic mass is 19.1. The third kappa shape index (κ3) is 4.57. The Balaban J connectivity index is 1.30. The van der Waals surface area contributed by atoms with E-state index in [-0.39, 0.29) is 23.4 Å².